The fourth-order valence-corrected chi connectivity index (χ4v) is 2.86. The Morgan fingerprint density at radius 2 is 2.00 bits per heavy atom. The Labute approximate surface area is 149 Å². The van der Waals surface area contributed by atoms with E-state index in [0.717, 1.165) is 0 Å². The van der Waals surface area contributed by atoms with E-state index in [4.69, 9.17) is 14.7 Å². The molecule has 11 nitrogen and oxygen atoms in total. The average Bonchev–Trinajstić information content (AvgIpc) is 2.59. The number of hydrogen-bond acceptors (Lipinski definition) is 9. The molecule has 26 heavy (non-hydrogen) atoms. The molecule has 0 saturated carbocycles. The van der Waals surface area contributed by atoms with Crippen LogP contribution >= 0.6 is 0 Å². The van der Waals surface area contributed by atoms with E-state index in [9.17, 15) is 13.2 Å². The third kappa shape index (κ3) is 4.77. The molecule has 0 spiro atoms. The second kappa shape index (κ2) is 8.08. The molecule has 1 aromatic heterocycles. The number of rotatable bonds is 6. The first-order chi connectivity index (χ1) is 12.4. The molecule has 0 aliphatic heterocycles. The Morgan fingerprint density at radius 3 is 2.69 bits per heavy atom. The van der Waals surface area contributed by atoms with Crippen molar-refractivity contribution in [1.29, 1.82) is 5.26 Å². The molecule has 0 saturated heterocycles. The molecule has 2 N–H and O–H groups in total. The van der Waals surface area contributed by atoms with Crippen molar-refractivity contribution >= 4 is 22.0 Å². The molecule has 0 radical (unpaired) electrons. The highest BCUT2D eigenvalue weighted by Gasteiger charge is 2.22. The Morgan fingerprint density at radius 1 is 1.27 bits per heavy atom. The third-order valence-corrected chi connectivity index (χ3v) is 4.16. The number of urea groups is 1. The summed E-state index contributed by atoms with van der Waals surface area (Å²) in [6.45, 7) is 1.20. The molecular formula is C14H14N6O5S. The number of carbonyl (C=O) groups excluding carboxylic acids is 1. The van der Waals surface area contributed by atoms with Crippen LogP contribution in [0.3, 0.4) is 0 Å². The van der Waals surface area contributed by atoms with Crippen molar-refractivity contribution in [2.24, 2.45) is 0 Å². The summed E-state index contributed by atoms with van der Waals surface area (Å²) in [5.41, 5.74) is 0. The zero-order valence-corrected chi connectivity index (χ0v) is 14.6. The number of nitrogens with one attached hydrogen (secondary N) is 2. The summed E-state index contributed by atoms with van der Waals surface area (Å²) in [4.78, 5) is 23.2. The molecule has 0 aliphatic carbocycles. The summed E-state index contributed by atoms with van der Waals surface area (Å²) in [5, 5.41) is 10.7. The predicted molar refractivity (Wildman–Crippen MR) is 88.0 cm³/mol. The Hall–Kier alpha value is -3.46. The molecule has 136 valence electrons. The number of methoxy groups -OCH3 is 1. The lowest BCUT2D eigenvalue weighted by Crippen LogP contribution is -2.35. The Kier molecular flexibility index (Phi) is 5.86. The third-order valence-electron chi connectivity index (χ3n) is 2.79. The predicted octanol–water partition coefficient (Wildman–Crippen LogP) is 0.601. The minimum absolute atomic E-state index is 0.0362. The molecule has 2 amide bonds. The van der Waals surface area contributed by atoms with Crippen molar-refractivity contribution in [2.75, 3.05) is 19.0 Å². The molecule has 1 heterocycles. The fourth-order valence-electron chi connectivity index (χ4n) is 1.81. The Balaban J connectivity index is 2.18. The number of amides is 2. The topological polar surface area (TPSA) is 156 Å². The van der Waals surface area contributed by atoms with Crippen LogP contribution in [0.5, 0.6) is 11.8 Å². The van der Waals surface area contributed by atoms with Crippen LogP contribution in [0.15, 0.2) is 29.2 Å². The minimum atomic E-state index is -4.27. The monoisotopic (exact) mass is 378 g/mol. The number of anilines is 1. The van der Waals surface area contributed by atoms with Crippen LogP contribution in [-0.2, 0) is 10.0 Å². The SMILES string of the molecule is COc1nc(C)nc(NC(=O)NS(=O)(=O)c2ccccc2OCC#N)n1. The summed E-state index contributed by atoms with van der Waals surface area (Å²) in [6.07, 6.45) is 0. The van der Waals surface area contributed by atoms with Gasteiger partial charge in [0, 0.05) is 0 Å². The maximum atomic E-state index is 12.4. The van der Waals surface area contributed by atoms with E-state index in [2.05, 4.69) is 20.3 Å². The van der Waals surface area contributed by atoms with Crippen molar-refractivity contribution in [3.05, 3.63) is 30.1 Å². The molecule has 2 rings (SSSR count). The standard InChI is InChI=1S/C14H14N6O5S/c1-9-16-12(19-14(17-9)24-2)18-13(21)20-26(22,23)11-6-4-3-5-10(11)25-8-7-15/h3-6H,8H2,1-2H3,(H2,16,17,18,19,20,21). The van der Waals surface area contributed by atoms with Gasteiger partial charge in [-0.3, -0.25) is 5.32 Å². The maximum absolute atomic E-state index is 12.4. The zero-order chi connectivity index (χ0) is 19.2. The number of aromatic nitrogens is 3. The minimum Gasteiger partial charge on any atom is -0.477 e. The van der Waals surface area contributed by atoms with Gasteiger partial charge in [0.1, 0.15) is 22.5 Å². The number of hydrogen-bond donors (Lipinski definition) is 2. The van der Waals surface area contributed by atoms with E-state index < -0.39 is 16.1 Å². The van der Waals surface area contributed by atoms with Gasteiger partial charge in [0.05, 0.1) is 7.11 Å². The number of ether oxygens (including phenoxy) is 2. The number of benzene rings is 1. The van der Waals surface area contributed by atoms with Crippen molar-refractivity contribution in [3.63, 3.8) is 0 Å². The number of carbonyl (C=O) groups is 1. The van der Waals surface area contributed by atoms with E-state index in [1.54, 1.807) is 13.0 Å². The summed E-state index contributed by atoms with van der Waals surface area (Å²) < 4.78 is 36.5. The van der Waals surface area contributed by atoms with Crippen LogP contribution in [0, 0.1) is 18.3 Å². The first kappa shape index (κ1) is 18.9. The van der Waals surface area contributed by atoms with E-state index in [0.29, 0.717) is 0 Å². The van der Waals surface area contributed by atoms with Gasteiger partial charge in [-0.25, -0.2) is 17.9 Å². The van der Waals surface area contributed by atoms with Crippen molar-refractivity contribution in [1.82, 2.24) is 19.7 Å². The highest BCUT2D eigenvalue weighted by Crippen LogP contribution is 2.23. The summed E-state index contributed by atoms with van der Waals surface area (Å²) in [5.74, 6) is 0.0216. The molecule has 0 bridgehead atoms. The second-order valence-electron chi connectivity index (χ2n) is 4.65. The Bertz CT molecular complexity index is 957. The van der Waals surface area contributed by atoms with Gasteiger partial charge in [-0.15, -0.1) is 0 Å². The van der Waals surface area contributed by atoms with E-state index in [1.165, 1.54) is 31.4 Å². The summed E-state index contributed by atoms with van der Waals surface area (Å²) >= 11 is 0. The van der Waals surface area contributed by atoms with Gasteiger partial charge in [-0.05, 0) is 19.1 Å². The van der Waals surface area contributed by atoms with Crippen LogP contribution < -0.4 is 19.5 Å². The first-order valence-electron chi connectivity index (χ1n) is 7.05. The van der Waals surface area contributed by atoms with Crippen molar-refractivity contribution in [3.8, 4) is 17.8 Å². The maximum Gasteiger partial charge on any atom is 0.335 e. The molecule has 12 heteroatoms. The highest BCUT2D eigenvalue weighted by atomic mass is 32.2. The number of aryl methyl sites for hydroxylation is 1. The molecule has 0 fully saturated rings. The van der Waals surface area contributed by atoms with Gasteiger partial charge < -0.3 is 9.47 Å². The number of para-hydroxylation sites is 1. The largest absolute Gasteiger partial charge is 0.477 e. The smallest absolute Gasteiger partial charge is 0.335 e. The van der Waals surface area contributed by atoms with Gasteiger partial charge in [0.25, 0.3) is 10.0 Å². The average molecular weight is 378 g/mol. The fraction of sp³-hybridized carbons (Fsp3) is 0.214. The summed E-state index contributed by atoms with van der Waals surface area (Å²) in [7, 11) is -2.93. The van der Waals surface area contributed by atoms with Crippen LogP contribution in [0.1, 0.15) is 5.82 Å². The second-order valence-corrected chi connectivity index (χ2v) is 6.30. The lowest BCUT2D eigenvalue weighted by molar-refractivity contribution is 0.256. The number of nitrogens with zero attached hydrogens (tertiary/aromatic N) is 4. The van der Waals surface area contributed by atoms with Gasteiger partial charge in [-0.2, -0.15) is 20.2 Å². The molecule has 0 atom stereocenters. The molecule has 2 aromatic rings. The lowest BCUT2D eigenvalue weighted by atomic mass is 10.3. The summed E-state index contributed by atoms with van der Waals surface area (Å²) in [6, 6.07) is 6.19. The van der Waals surface area contributed by atoms with Crippen LogP contribution in [0.4, 0.5) is 10.7 Å². The van der Waals surface area contributed by atoms with Crippen LogP contribution in [0.25, 0.3) is 0 Å². The zero-order valence-electron chi connectivity index (χ0n) is 13.8. The normalized spacial score (nSPS) is 10.5. The molecule has 0 unspecified atom stereocenters. The van der Waals surface area contributed by atoms with Gasteiger partial charge in [-0.1, -0.05) is 12.1 Å². The van der Waals surface area contributed by atoms with Gasteiger partial charge in [0.2, 0.25) is 5.95 Å². The van der Waals surface area contributed by atoms with E-state index >= 15 is 0 Å². The number of sulfonamides is 1. The van der Waals surface area contributed by atoms with Crippen LogP contribution in [-0.4, -0.2) is 43.1 Å². The highest BCUT2D eigenvalue weighted by molar-refractivity contribution is 7.90. The quantitative estimate of drug-likeness (QED) is 0.734. The van der Waals surface area contributed by atoms with Crippen molar-refractivity contribution in [2.45, 2.75) is 11.8 Å². The van der Waals surface area contributed by atoms with Crippen LogP contribution in [0.2, 0.25) is 0 Å². The first-order valence-corrected chi connectivity index (χ1v) is 8.53. The molecule has 1 aromatic carbocycles. The van der Waals surface area contributed by atoms with E-state index in [-0.39, 0.29) is 35.0 Å². The van der Waals surface area contributed by atoms with Gasteiger partial charge in [0.15, 0.2) is 6.61 Å². The molecular weight excluding hydrogens is 364 g/mol. The van der Waals surface area contributed by atoms with E-state index in [1.807, 2.05) is 4.72 Å². The lowest BCUT2D eigenvalue weighted by Gasteiger charge is -2.11. The number of nitriles is 1. The van der Waals surface area contributed by atoms with Gasteiger partial charge >= 0.3 is 12.0 Å². The molecule has 0 aliphatic rings. The van der Waals surface area contributed by atoms with Crippen molar-refractivity contribution < 1.29 is 22.7 Å².